The molecule has 1 amide bonds. The second-order valence-corrected chi connectivity index (χ2v) is 8.24. The molecule has 0 spiro atoms. The maximum atomic E-state index is 12.9. The van der Waals surface area contributed by atoms with Crippen LogP contribution in [0.4, 0.5) is 0 Å². The fourth-order valence-electron chi connectivity index (χ4n) is 3.31. The van der Waals surface area contributed by atoms with Gasteiger partial charge >= 0.3 is 0 Å². The van der Waals surface area contributed by atoms with E-state index in [-0.39, 0.29) is 17.3 Å². The molecule has 0 saturated carbocycles. The molecule has 1 aliphatic rings. The van der Waals surface area contributed by atoms with E-state index in [1.54, 1.807) is 34.7 Å². The summed E-state index contributed by atoms with van der Waals surface area (Å²) in [5.41, 5.74) is 0.691. The summed E-state index contributed by atoms with van der Waals surface area (Å²) in [4.78, 5) is 12.9. The number of rotatable bonds is 5. The van der Waals surface area contributed by atoms with Crippen LogP contribution in [0.15, 0.2) is 59.6 Å². The predicted octanol–water partition coefficient (Wildman–Crippen LogP) is 1.20. The molecule has 1 saturated heterocycles. The molecule has 140 valence electrons. The SMILES string of the molecule is O=C(NCc1nnc2ccccn12)C1CCCN1S(=O)(=O)c1ccccc1. The molecule has 0 aliphatic carbocycles. The van der Waals surface area contributed by atoms with Crippen LogP contribution in [0.1, 0.15) is 18.7 Å². The number of amides is 1. The van der Waals surface area contributed by atoms with Crippen LogP contribution in [-0.4, -0.2) is 45.8 Å². The van der Waals surface area contributed by atoms with E-state index in [0.29, 0.717) is 30.9 Å². The summed E-state index contributed by atoms with van der Waals surface area (Å²) in [6.07, 6.45) is 2.97. The number of carbonyl (C=O) groups is 1. The fraction of sp³-hybridized carbons (Fsp3) is 0.278. The van der Waals surface area contributed by atoms with Gasteiger partial charge in [0, 0.05) is 12.7 Å². The third kappa shape index (κ3) is 3.31. The third-order valence-corrected chi connectivity index (χ3v) is 6.58. The second-order valence-electron chi connectivity index (χ2n) is 6.35. The van der Waals surface area contributed by atoms with Crippen molar-refractivity contribution in [3.8, 4) is 0 Å². The van der Waals surface area contributed by atoms with Gasteiger partial charge in [0.2, 0.25) is 15.9 Å². The van der Waals surface area contributed by atoms with Crippen LogP contribution in [0, 0.1) is 0 Å². The molecule has 4 rings (SSSR count). The number of aromatic nitrogens is 3. The Morgan fingerprint density at radius 3 is 2.70 bits per heavy atom. The quantitative estimate of drug-likeness (QED) is 0.712. The van der Waals surface area contributed by atoms with Crippen LogP contribution in [0.2, 0.25) is 0 Å². The summed E-state index contributed by atoms with van der Waals surface area (Å²) < 4.78 is 28.8. The first-order chi connectivity index (χ1) is 13.1. The zero-order valence-corrected chi connectivity index (χ0v) is 15.3. The van der Waals surface area contributed by atoms with Crippen molar-refractivity contribution in [3.05, 3.63) is 60.6 Å². The number of pyridine rings is 1. The molecule has 3 heterocycles. The molecule has 27 heavy (non-hydrogen) atoms. The highest BCUT2D eigenvalue weighted by atomic mass is 32.2. The Morgan fingerprint density at radius 2 is 1.89 bits per heavy atom. The molecule has 3 aromatic rings. The lowest BCUT2D eigenvalue weighted by Crippen LogP contribution is -2.45. The third-order valence-electron chi connectivity index (χ3n) is 4.66. The molecule has 9 heteroatoms. The number of carbonyl (C=O) groups excluding carboxylic acids is 1. The van der Waals surface area contributed by atoms with Crippen molar-refractivity contribution in [2.45, 2.75) is 30.3 Å². The van der Waals surface area contributed by atoms with Gasteiger partial charge in [0.1, 0.15) is 6.04 Å². The Bertz CT molecular complexity index is 1060. The summed E-state index contributed by atoms with van der Waals surface area (Å²) in [5.74, 6) is 0.272. The number of nitrogens with zero attached hydrogens (tertiary/aromatic N) is 4. The van der Waals surface area contributed by atoms with E-state index in [4.69, 9.17) is 0 Å². The summed E-state index contributed by atoms with van der Waals surface area (Å²) in [6.45, 7) is 0.517. The molecule has 2 aromatic heterocycles. The summed E-state index contributed by atoms with van der Waals surface area (Å²) in [6, 6.07) is 13.0. The summed E-state index contributed by atoms with van der Waals surface area (Å²) >= 11 is 0. The van der Waals surface area contributed by atoms with Crippen molar-refractivity contribution in [3.63, 3.8) is 0 Å². The molecule has 1 fully saturated rings. The average molecular weight is 385 g/mol. The van der Waals surface area contributed by atoms with Crippen LogP contribution < -0.4 is 5.32 Å². The largest absolute Gasteiger partial charge is 0.347 e. The first-order valence-corrected chi connectivity index (χ1v) is 10.1. The maximum Gasteiger partial charge on any atom is 0.243 e. The van der Waals surface area contributed by atoms with Crippen LogP contribution >= 0.6 is 0 Å². The number of fused-ring (bicyclic) bond motifs is 1. The topological polar surface area (TPSA) is 96.7 Å². The highest BCUT2D eigenvalue weighted by Gasteiger charge is 2.39. The van der Waals surface area contributed by atoms with Gasteiger partial charge in [0.15, 0.2) is 11.5 Å². The zero-order chi connectivity index (χ0) is 18.9. The van der Waals surface area contributed by atoms with Crippen LogP contribution in [0.3, 0.4) is 0 Å². The van der Waals surface area contributed by atoms with E-state index in [1.807, 2.05) is 24.4 Å². The standard InChI is InChI=1S/C18H19N5O3S/c24-18(19-13-17-21-20-16-10-4-5-11-22(16)17)15-9-6-12-23(15)27(25,26)14-7-2-1-3-8-14/h1-5,7-8,10-11,15H,6,9,12-13H2,(H,19,24). The van der Waals surface area contributed by atoms with E-state index in [2.05, 4.69) is 15.5 Å². The minimum atomic E-state index is -3.70. The van der Waals surface area contributed by atoms with Gasteiger partial charge in [-0.05, 0) is 37.1 Å². The van der Waals surface area contributed by atoms with Gasteiger partial charge in [-0.2, -0.15) is 4.31 Å². The van der Waals surface area contributed by atoms with Crippen molar-refractivity contribution in [2.75, 3.05) is 6.54 Å². The highest BCUT2D eigenvalue weighted by Crippen LogP contribution is 2.26. The Labute approximate surface area is 156 Å². The first kappa shape index (κ1) is 17.6. The first-order valence-electron chi connectivity index (χ1n) is 8.70. The Hall–Kier alpha value is -2.78. The van der Waals surface area contributed by atoms with Gasteiger partial charge in [0.25, 0.3) is 0 Å². The van der Waals surface area contributed by atoms with Crippen LogP contribution in [0.25, 0.3) is 5.65 Å². The highest BCUT2D eigenvalue weighted by molar-refractivity contribution is 7.89. The molecule has 1 N–H and O–H groups in total. The zero-order valence-electron chi connectivity index (χ0n) is 14.5. The van der Waals surface area contributed by atoms with Gasteiger partial charge in [-0.3, -0.25) is 9.20 Å². The number of benzene rings is 1. The molecule has 0 bridgehead atoms. The van der Waals surface area contributed by atoms with Crippen molar-refractivity contribution in [1.29, 1.82) is 0 Å². The van der Waals surface area contributed by atoms with E-state index in [0.717, 1.165) is 0 Å². The minimum Gasteiger partial charge on any atom is -0.347 e. The number of hydrogen-bond donors (Lipinski definition) is 1. The molecule has 1 unspecified atom stereocenters. The molecule has 1 aliphatic heterocycles. The second kappa shape index (κ2) is 7.09. The normalized spacial score (nSPS) is 18.0. The summed E-state index contributed by atoms with van der Waals surface area (Å²) in [7, 11) is -3.70. The lowest BCUT2D eigenvalue weighted by Gasteiger charge is -2.23. The van der Waals surface area contributed by atoms with E-state index in [1.165, 1.54) is 4.31 Å². The van der Waals surface area contributed by atoms with Crippen molar-refractivity contribution in [1.82, 2.24) is 24.2 Å². The fourth-order valence-corrected chi connectivity index (χ4v) is 4.99. The lowest BCUT2D eigenvalue weighted by molar-refractivity contribution is -0.124. The van der Waals surface area contributed by atoms with Crippen molar-refractivity contribution in [2.24, 2.45) is 0 Å². The van der Waals surface area contributed by atoms with Crippen molar-refractivity contribution >= 4 is 21.6 Å². The van der Waals surface area contributed by atoms with Gasteiger partial charge in [0.05, 0.1) is 11.4 Å². The number of sulfonamides is 1. The molecule has 1 aromatic carbocycles. The summed E-state index contributed by atoms with van der Waals surface area (Å²) in [5, 5.41) is 10.9. The van der Waals surface area contributed by atoms with Crippen LogP contribution in [0.5, 0.6) is 0 Å². The van der Waals surface area contributed by atoms with E-state index in [9.17, 15) is 13.2 Å². The maximum absolute atomic E-state index is 12.9. The molecule has 1 atom stereocenters. The molecule has 0 radical (unpaired) electrons. The van der Waals surface area contributed by atoms with Gasteiger partial charge in [-0.15, -0.1) is 10.2 Å². The monoisotopic (exact) mass is 385 g/mol. The molecule has 8 nitrogen and oxygen atoms in total. The Balaban J connectivity index is 1.49. The Kier molecular flexibility index (Phi) is 4.63. The van der Waals surface area contributed by atoms with E-state index >= 15 is 0 Å². The molecular weight excluding hydrogens is 366 g/mol. The lowest BCUT2D eigenvalue weighted by atomic mass is 10.2. The minimum absolute atomic E-state index is 0.180. The predicted molar refractivity (Wildman–Crippen MR) is 98.2 cm³/mol. The average Bonchev–Trinajstić information content (AvgIpc) is 3.34. The van der Waals surface area contributed by atoms with Crippen molar-refractivity contribution < 1.29 is 13.2 Å². The van der Waals surface area contributed by atoms with Gasteiger partial charge in [-0.25, -0.2) is 8.42 Å². The van der Waals surface area contributed by atoms with E-state index < -0.39 is 16.1 Å². The van der Waals surface area contributed by atoms with Gasteiger partial charge in [-0.1, -0.05) is 24.3 Å². The smallest absolute Gasteiger partial charge is 0.243 e. The Morgan fingerprint density at radius 1 is 1.11 bits per heavy atom. The molecular formula is C18H19N5O3S. The number of hydrogen-bond acceptors (Lipinski definition) is 5. The van der Waals surface area contributed by atoms with Gasteiger partial charge < -0.3 is 5.32 Å². The van der Waals surface area contributed by atoms with Crippen LogP contribution in [-0.2, 0) is 21.4 Å². The number of nitrogens with one attached hydrogen (secondary N) is 1.